The summed E-state index contributed by atoms with van der Waals surface area (Å²) >= 11 is 5.79. The highest BCUT2D eigenvalue weighted by Gasteiger charge is 2.25. The minimum absolute atomic E-state index is 0.0413. The van der Waals surface area contributed by atoms with Crippen molar-refractivity contribution in [2.45, 2.75) is 24.9 Å². The Labute approximate surface area is 131 Å². The molecule has 4 nitrogen and oxygen atoms in total. The van der Waals surface area contributed by atoms with Crippen molar-refractivity contribution in [2.75, 3.05) is 33.7 Å². The zero-order chi connectivity index (χ0) is 15.4. The standard InChI is InChI=1S/C15H24ClFN4/c1-20-5-6-21(2)14(10-20)9-13(19-18)7-11-3-4-12(16)8-15(11)17/h3-4,8,13-14,19H,5-7,9-10,18H2,1-2H3. The average molecular weight is 315 g/mol. The van der Waals surface area contributed by atoms with Crippen molar-refractivity contribution in [1.29, 1.82) is 0 Å². The summed E-state index contributed by atoms with van der Waals surface area (Å²) < 4.78 is 13.9. The molecule has 0 saturated carbocycles. The monoisotopic (exact) mass is 314 g/mol. The predicted octanol–water partition coefficient (Wildman–Crippen LogP) is 1.49. The normalized spacial score (nSPS) is 22.4. The molecule has 6 heteroatoms. The summed E-state index contributed by atoms with van der Waals surface area (Å²) in [4.78, 5) is 4.67. The summed E-state index contributed by atoms with van der Waals surface area (Å²) in [5, 5.41) is 0.419. The van der Waals surface area contributed by atoms with Crippen LogP contribution in [-0.4, -0.2) is 55.6 Å². The maximum atomic E-state index is 13.9. The molecule has 0 aliphatic carbocycles. The molecule has 2 rings (SSSR count). The van der Waals surface area contributed by atoms with Crippen molar-refractivity contribution in [3.05, 3.63) is 34.6 Å². The third-order valence-electron chi connectivity index (χ3n) is 4.25. The van der Waals surface area contributed by atoms with Crippen LogP contribution in [0.5, 0.6) is 0 Å². The Morgan fingerprint density at radius 2 is 2.19 bits per heavy atom. The molecule has 0 amide bonds. The molecule has 1 aliphatic heterocycles. The lowest BCUT2D eigenvalue weighted by Crippen LogP contribution is -2.53. The predicted molar refractivity (Wildman–Crippen MR) is 84.8 cm³/mol. The Balaban J connectivity index is 1.99. The van der Waals surface area contributed by atoms with Crippen LogP contribution in [0.4, 0.5) is 4.39 Å². The number of hydrazine groups is 1. The van der Waals surface area contributed by atoms with Crippen molar-refractivity contribution in [2.24, 2.45) is 5.84 Å². The van der Waals surface area contributed by atoms with Crippen LogP contribution in [0.2, 0.25) is 5.02 Å². The van der Waals surface area contributed by atoms with E-state index in [-0.39, 0.29) is 11.9 Å². The highest BCUT2D eigenvalue weighted by molar-refractivity contribution is 6.30. The second kappa shape index (κ2) is 7.51. The minimum atomic E-state index is -0.267. The van der Waals surface area contributed by atoms with E-state index in [1.807, 2.05) is 0 Å². The lowest BCUT2D eigenvalue weighted by Gasteiger charge is -2.39. The van der Waals surface area contributed by atoms with E-state index >= 15 is 0 Å². The number of nitrogens with zero attached hydrogens (tertiary/aromatic N) is 2. The number of hydrogen-bond donors (Lipinski definition) is 2. The molecule has 3 N–H and O–H groups in total. The molecular weight excluding hydrogens is 291 g/mol. The Morgan fingerprint density at radius 3 is 2.86 bits per heavy atom. The van der Waals surface area contributed by atoms with E-state index in [9.17, 15) is 4.39 Å². The molecule has 1 aromatic carbocycles. The third-order valence-corrected chi connectivity index (χ3v) is 4.49. The molecule has 118 valence electrons. The molecule has 0 spiro atoms. The van der Waals surface area contributed by atoms with E-state index in [4.69, 9.17) is 17.4 Å². The van der Waals surface area contributed by atoms with Gasteiger partial charge in [-0.05, 0) is 44.6 Å². The fourth-order valence-electron chi connectivity index (χ4n) is 2.85. The van der Waals surface area contributed by atoms with Crippen LogP contribution in [0.15, 0.2) is 18.2 Å². The number of nitrogens with two attached hydrogens (primary N) is 1. The molecule has 0 bridgehead atoms. The Bertz CT molecular complexity index is 471. The fourth-order valence-corrected chi connectivity index (χ4v) is 3.01. The van der Waals surface area contributed by atoms with E-state index in [2.05, 4.69) is 29.3 Å². The third kappa shape index (κ3) is 4.63. The smallest absolute Gasteiger partial charge is 0.127 e. The van der Waals surface area contributed by atoms with Crippen LogP contribution in [-0.2, 0) is 6.42 Å². The highest BCUT2D eigenvalue weighted by atomic mass is 35.5. The van der Waals surface area contributed by atoms with Crippen LogP contribution >= 0.6 is 11.6 Å². The van der Waals surface area contributed by atoms with Gasteiger partial charge in [-0.1, -0.05) is 17.7 Å². The topological polar surface area (TPSA) is 44.5 Å². The second-order valence-corrected chi connectivity index (χ2v) is 6.37. The first kappa shape index (κ1) is 16.6. The van der Waals surface area contributed by atoms with E-state index < -0.39 is 0 Å². The van der Waals surface area contributed by atoms with Gasteiger partial charge in [-0.25, -0.2) is 4.39 Å². The fraction of sp³-hybridized carbons (Fsp3) is 0.600. The molecule has 1 aromatic rings. The lowest BCUT2D eigenvalue weighted by molar-refractivity contribution is 0.101. The van der Waals surface area contributed by atoms with Gasteiger partial charge < -0.3 is 9.80 Å². The largest absolute Gasteiger partial charge is 0.304 e. The van der Waals surface area contributed by atoms with Gasteiger partial charge in [0.1, 0.15) is 5.82 Å². The quantitative estimate of drug-likeness (QED) is 0.638. The van der Waals surface area contributed by atoms with E-state index in [0.717, 1.165) is 26.1 Å². The number of halogens is 2. The van der Waals surface area contributed by atoms with Crippen molar-refractivity contribution in [1.82, 2.24) is 15.2 Å². The molecule has 2 unspecified atom stereocenters. The summed E-state index contributed by atoms with van der Waals surface area (Å²) in [7, 11) is 4.26. The Kier molecular flexibility index (Phi) is 5.96. The van der Waals surface area contributed by atoms with Crippen LogP contribution in [0.1, 0.15) is 12.0 Å². The number of hydrogen-bond acceptors (Lipinski definition) is 4. The molecule has 0 radical (unpaired) electrons. The molecule has 1 fully saturated rings. The Hall–Kier alpha value is -0.720. The Morgan fingerprint density at radius 1 is 1.43 bits per heavy atom. The van der Waals surface area contributed by atoms with Gasteiger partial charge in [-0.2, -0.15) is 0 Å². The van der Waals surface area contributed by atoms with Gasteiger partial charge in [0, 0.05) is 36.7 Å². The maximum Gasteiger partial charge on any atom is 0.127 e. The van der Waals surface area contributed by atoms with Gasteiger partial charge in [0.25, 0.3) is 0 Å². The van der Waals surface area contributed by atoms with Crippen LogP contribution in [0.25, 0.3) is 0 Å². The number of rotatable bonds is 5. The molecule has 1 saturated heterocycles. The lowest BCUT2D eigenvalue weighted by atomic mass is 9.97. The zero-order valence-corrected chi connectivity index (χ0v) is 13.4. The summed E-state index contributed by atoms with van der Waals surface area (Å²) in [6.45, 7) is 3.14. The summed E-state index contributed by atoms with van der Waals surface area (Å²) in [6.07, 6.45) is 1.45. The number of benzene rings is 1. The highest BCUT2D eigenvalue weighted by Crippen LogP contribution is 2.19. The first-order chi connectivity index (χ1) is 9.99. The minimum Gasteiger partial charge on any atom is -0.304 e. The molecule has 1 heterocycles. The SMILES string of the molecule is CN1CCN(C)C(CC(Cc2ccc(Cl)cc2F)NN)C1. The van der Waals surface area contributed by atoms with E-state index in [0.29, 0.717) is 23.0 Å². The van der Waals surface area contributed by atoms with Crippen molar-refractivity contribution >= 4 is 11.6 Å². The van der Waals surface area contributed by atoms with Crippen molar-refractivity contribution in [3.8, 4) is 0 Å². The molecule has 1 aliphatic rings. The van der Waals surface area contributed by atoms with Crippen LogP contribution in [0.3, 0.4) is 0 Å². The molecule has 2 atom stereocenters. The summed E-state index contributed by atoms with van der Waals surface area (Å²) in [5.41, 5.74) is 3.48. The number of nitrogens with one attached hydrogen (secondary N) is 1. The van der Waals surface area contributed by atoms with Gasteiger partial charge in [0.15, 0.2) is 0 Å². The van der Waals surface area contributed by atoms with Crippen LogP contribution in [0, 0.1) is 5.82 Å². The van der Waals surface area contributed by atoms with E-state index in [1.54, 1.807) is 12.1 Å². The van der Waals surface area contributed by atoms with Gasteiger partial charge in [-0.15, -0.1) is 0 Å². The first-order valence-electron chi connectivity index (χ1n) is 7.28. The number of piperazine rings is 1. The van der Waals surface area contributed by atoms with Gasteiger partial charge in [-0.3, -0.25) is 11.3 Å². The number of likely N-dealkylation sites (N-methyl/N-ethyl adjacent to an activating group) is 2. The maximum absolute atomic E-state index is 13.9. The summed E-state index contributed by atoms with van der Waals surface area (Å²) in [6, 6.07) is 5.28. The van der Waals surface area contributed by atoms with Gasteiger partial charge >= 0.3 is 0 Å². The second-order valence-electron chi connectivity index (χ2n) is 5.94. The molecule has 21 heavy (non-hydrogen) atoms. The van der Waals surface area contributed by atoms with Gasteiger partial charge in [0.2, 0.25) is 0 Å². The summed E-state index contributed by atoms with van der Waals surface area (Å²) in [5.74, 6) is 5.40. The first-order valence-corrected chi connectivity index (χ1v) is 7.66. The molecular formula is C15H24ClFN4. The van der Waals surface area contributed by atoms with Crippen LogP contribution < -0.4 is 11.3 Å². The van der Waals surface area contributed by atoms with Crippen molar-refractivity contribution in [3.63, 3.8) is 0 Å². The zero-order valence-electron chi connectivity index (χ0n) is 12.6. The van der Waals surface area contributed by atoms with E-state index in [1.165, 1.54) is 6.07 Å². The average Bonchev–Trinajstić information content (AvgIpc) is 2.44. The molecule has 0 aromatic heterocycles. The van der Waals surface area contributed by atoms with Crippen molar-refractivity contribution < 1.29 is 4.39 Å². The van der Waals surface area contributed by atoms with Gasteiger partial charge in [0.05, 0.1) is 0 Å².